The lowest BCUT2D eigenvalue weighted by Crippen LogP contribution is -2.62. The molecule has 11 nitrogen and oxygen atoms in total. The number of methoxy groups -OCH3 is 1. The Morgan fingerprint density at radius 1 is 0.944 bits per heavy atom. The predicted molar refractivity (Wildman–Crippen MR) is 192 cm³/mol. The van der Waals surface area contributed by atoms with Crippen LogP contribution in [0.5, 0.6) is 17.2 Å². The van der Waals surface area contributed by atoms with Crippen molar-refractivity contribution in [1.82, 2.24) is 15.1 Å². The molecule has 6 rings (SSSR count). The van der Waals surface area contributed by atoms with Crippen molar-refractivity contribution in [1.29, 1.82) is 0 Å². The summed E-state index contributed by atoms with van der Waals surface area (Å²) in [4.78, 5) is 42.4. The van der Waals surface area contributed by atoms with Crippen LogP contribution in [0.25, 0.3) is 5.57 Å². The van der Waals surface area contributed by atoms with Gasteiger partial charge in [-0.25, -0.2) is 8.78 Å². The zero-order valence-electron chi connectivity index (χ0n) is 29.9. The second-order valence-electron chi connectivity index (χ2n) is 13.8. The van der Waals surface area contributed by atoms with E-state index in [0.29, 0.717) is 55.5 Å². The van der Waals surface area contributed by atoms with Gasteiger partial charge in [-0.3, -0.25) is 14.4 Å². The third kappa shape index (κ3) is 9.52. The van der Waals surface area contributed by atoms with Gasteiger partial charge >= 0.3 is 5.97 Å². The van der Waals surface area contributed by atoms with Gasteiger partial charge in [-0.2, -0.15) is 4.39 Å². The van der Waals surface area contributed by atoms with Crippen LogP contribution in [0.1, 0.15) is 49.7 Å². The molecule has 2 heterocycles. The van der Waals surface area contributed by atoms with E-state index >= 15 is 0 Å². The molecule has 0 aromatic heterocycles. The third-order valence-electron chi connectivity index (χ3n) is 9.86. The quantitative estimate of drug-likeness (QED) is 0.132. The minimum atomic E-state index is -1.36. The van der Waals surface area contributed by atoms with Gasteiger partial charge in [0.15, 0.2) is 17.4 Å². The van der Waals surface area contributed by atoms with Crippen LogP contribution in [0, 0.1) is 17.5 Å². The molecule has 0 radical (unpaired) electrons. The van der Waals surface area contributed by atoms with E-state index in [2.05, 4.69) is 5.32 Å². The highest BCUT2D eigenvalue weighted by molar-refractivity contribution is 6.03. The normalized spacial score (nSPS) is 18.6. The summed E-state index contributed by atoms with van der Waals surface area (Å²) in [6, 6.07) is 15.8. The number of aryl methyl sites for hydroxylation is 1. The topological polar surface area (TPSA) is 138 Å². The smallest absolute Gasteiger partial charge is 0.305 e. The number of halogens is 3. The van der Waals surface area contributed by atoms with E-state index in [9.17, 15) is 32.7 Å². The number of aliphatic hydroxyl groups excluding tert-OH is 1. The van der Waals surface area contributed by atoms with E-state index < -0.39 is 47.7 Å². The Morgan fingerprint density at radius 3 is 2.41 bits per heavy atom. The van der Waals surface area contributed by atoms with Crippen LogP contribution in [-0.2, 0) is 20.8 Å². The number of hydrogen-bond acceptors (Lipinski definition) is 8. The SMILES string of the molecule is COc1cccc(OCCN(C(=O)C2=C(c3ccc(CCCOc4c(F)ccc(F)c4F)cc3)C[C@@H]3CN(C(=O)C[C@@H](O)CC(=O)O)C[C@H]2N3)C2CC2)c1. The van der Waals surface area contributed by atoms with Crippen molar-refractivity contribution in [2.75, 3.05) is 40.0 Å². The number of benzene rings is 3. The first-order valence-electron chi connectivity index (χ1n) is 18.1. The molecule has 2 amide bonds. The van der Waals surface area contributed by atoms with Crippen LogP contribution in [0.3, 0.4) is 0 Å². The van der Waals surface area contributed by atoms with Crippen LogP contribution >= 0.6 is 0 Å². The number of piperazine rings is 1. The van der Waals surface area contributed by atoms with Gasteiger partial charge < -0.3 is 39.5 Å². The zero-order chi connectivity index (χ0) is 38.4. The minimum Gasteiger partial charge on any atom is -0.497 e. The Balaban J connectivity index is 1.20. The predicted octanol–water partition coefficient (Wildman–Crippen LogP) is 4.75. The molecule has 0 spiro atoms. The highest BCUT2D eigenvalue weighted by Crippen LogP contribution is 2.37. The van der Waals surface area contributed by atoms with Gasteiger partial charge in [0.05, 0.1) is 45.2 Å². The number of carbonyl (C=O) groups excluding carboxylic acids is 2. The summed E-state index contributed by atoms with van der Waals surface area (Å²) in [6.07, 6.45) is 0.892. The van der Waals surface area contributed by atoms with Crippen LogP contribution in [0.15, 0.2) is 66.2 Å². The van der Waals surface area contributed by atoms with Crippen molar-refractivity contribution < 1.29 is 52.0 Å². The molecular formula is C40H44F3N3O8. The van der Waals surface area contributed by atoms with E-state index in [4.69, 9.17) is 19.3 Å². The van der Waals surface area contributed by atoms with Gasteiger partial charge in [0.25, 0.3) is 5.91 Å². The highest BCUT2D eigenvalue weighted by Gasteiger charge is 2.43. The number of amides is 2. The number of rotatable bonds is 17. The van der Waals surface area contributed by atoms with Crippen molar-refractivity contribution in [2.24, 2.45) is 0 Å². The van der Waals surface area contributed by atoms with Gasteiger partial charge in [0.1, 0.15) is 18.1 Å². The number of ether oxygens (including phenoxy) is 3. The monoisotopic (exact) mass is 751 g/mol. The van der Waals surface area contributed by atoms with Crippen LogP contribution < -0.4 is 19.5 Å². The summed E-state index contributed by atoms with van der Waals surface area (Å²) >= 11 is 0. The Morgan fingerprint density at radius 2 is 1.69 bits per heavy atom. The Kier molecular flexibility index (Phi) is 12.4. The molecule has 3 aliphatic rings. The molecule has 1 aliphatic carbocycles. The molecule has 2 fully saturated rings. The lowest BCUT2D eigenvalue weighted by Gasteiger charge is -2.45. The number of carboxylic acids is 1. The number of nitrogens with one attached hydrogen (secondary N) is 1. The molecule has 54 heavy (non-hydrogen) atoms. The van der Waals surface area contributed by atoms with E-state index in [-0.39, 0.29) is 50.1 Å². The summed E-state index contributed by atoms with van der Waals surface area (Å²) < 4.78 is 58.0. The molecule has 3 aromatic rings. The number of carbonyl (C=O) groups is 3. The second kappa shape index (κ2) is 17.4. The maximum absolute atomic E-state index is 14.7. The van der Waals surface area contributed by atoms with E-state index in [0.717, 1.165) is 35.6 Å². The molecule has 14 heteroatoms. The highest BCUT2D eigenvalue weighted by atomic mass is 19.2. The standard InChI is InChI=1S/C40H44F3N3O8/c1-52-29-5-2-6-30(21-29)53-17-15-46(27-11-12-27)40(51)37-31(18-26-22-45(23-34(37)44-26)35(48)19-28(47)20-36(49)50)25-9-7-24(8-10-25)4-3-16-54-39-33(42)14-13-32(41)38(39)43/h2,5-10,13-14,21,26-28,34,44,47H,3-4,11-12,15-20,22-23H2,1H3,(H,49,50)/t26-,28-,34-/m1/s1. The third-order valence-corrected chi connectivity index (χ3v) is 9.86. The molecule has 2 aliphatic heterocycles. The van der Waals surface area contributed by atoms with Crippen LogP contribution in [-0.4, -0.2) is 102 Å². The Labute approximate surface area is 311 Å². The number of carboxylic acid groups (broad SMARTS) is 1. The summed E-state index contributed by atoms with van der Waals surface area (Å²) in [5, 5.41) is 22.8. The van der Waals surface area contributed by atoms with Crippen molar-refractivity contribution in [3.8, 4) is 17.2 Å². The van der Waals surface area contributed by atoms with E-state index in [1.165, 1.54) is 0 Å². The second-order valence-corrected chi connectivity index (χ2v) is 13.8. The van der Waals surface area contributed by atoms with Crippen LogP contribution in [0.2, 0.25) is 0 Å². The van der Waals surface area contributed by atoms with E-state index in [1.807, 2.05) is 47.4 Å². The van der Waals surface area contributed by atoms with Gasteiger partial charge in [0, 0.05) is 36.8 Å². The fourth-order valence-electron chi connectivity index (χ4n) is 7.08. The molecule has 0 unspecified atom stereocenters. The number of aliphatic carboxylic acids is 1. The van der Waals surface area contributed by atoms with Crippen molar-refractivity contribution in [3.05, 3.63) is 94.8 Å². The Hall–Kier alpha value is -5.08. The van der Waals surface area contributed by atoms with Gasteiger partial charge in [-0.05, 0) is 73.1 Å². The molecule has 288 valence electrons. The molecule has 1 saturated heterocycles. The maximum atomic E-state index is 14.7. The van der Waals surface area contributed by atoms with Gasteiger partial charge in [0.2, 0.25) is 11.7 Å². The molecular weight excluding hydrogens is 707 g/mol. The first-order chi connectivity index (χ1) is 26.0. The molecule has 1 saturated carbocycles. The first kappa shape index (κ1) is 38.6. The summed E-state index contributed by atoms with van der Waals surface area (Å²) in [5.41, 5.74) is 3.18. The average molecular weight is 752 g/mol. The molecule has 2 bridgehead atoms. The fraction of sp³-hybridized carbons (Fsp3) is 0.425. The fourth-order valence-corrected chi connectivity index (χ4v) is 7.08. The average Bonchev–Trinajstić information content (AvgIpc) is 3.99. The largest absolute Gasteiger partial charge is 0.497 e. The summed E-state index contributed by atoms with van der Waals surface area (Å²) in [6.45, 7) is 1.05. The number of nitrogens with zero attached hydrogens (tertiary/aromatic N) is 2. The maximum Gasteiger partial charge on any atom is 0.305 e. The number of aliphatic hydroxyl groups is 1. The number of hydrogen-bond donors (Lipinski definition) is 3. The van der Waals surface area contributed by atoms with E-state index in [1.54, 1.807) is 18.1 Å². The minimum absolute atomic E-state index is 0.0288. The van der Waals surface area contributed by atoms with Crippen molar-refractivity contribution >= 4 is 23.4 Å². The zero-order valence-corrected chi connectivity index (χ0v) is 29.9. The van der Waals surface area contributed by atoms with Crippen molar-refractivity contribution in [2.45, 2.75) is 69.2 Å². The molecule has 3 atom stereocenters. The van der Waals surface area contributed by atoms with Gasteiger partial charge in [-0.15, -0.1) is 0 Å². The number of fused-ring (bicyclic) bond motifs is 2. The summed E-state index contributed by atoms with van der Waals surface area (Å²) in [7, 11) is 1.57. The first-order valence-corrected chi connectivity index (χ1v) is 18.1. The lowest BCUT2D eigenvalue weighted by molar-refractivity contribution is -0.141. The lowest BCUT2D eigenvalue weighted by atomic mass is 9.82. The van der Waals surface area contributed by atoms with Gasteiger partial charge in [-0.1, -0.05) is 30.3 Å². The van der Waals surface area contributed by atoms with Crippen molar-refractivity contribution in [3.63, 3.8) is 0 Å². The molecule has 3 aromatic carbocycles. The summed E-state index contributed by atoms with van der Waals surface area (Å²) in [5.74, 6) is -4.73. The molecule has 3 N–H and O–H groups in total. The van der Waals surface area contributed by atoms with Crippen LogP contribution in [0.4, 0.5) is 13.2 Å². The Bertz CT molecular complexity index is 1870.